The molecule has 1 aliphatic heterocycles. The van der Waals surface area contributed by atoms with Crippen LogP contribution < -0.4 is 16.7 Å². The number of carbonyl (C=O) groups excluding carboxylic acids is 1. The number of aromatic amines is 1. The third-order valence-corrected chi connectivity index (χ3v) is 2.54. The van der Waals surface area contributed by atoms with Crippen LogP contribution in [-0.2, 0) is 11.8 Å². The average molecular weight is 236 g/mol. The minimum Gasteiger partial charge on any atom is -0.383 e. The molecule has 17 heavy (non-hydrogen) atoms. The fourth-order valence-corrected chi connectivity index (χ4v) is 1.54. The van der Waals surface area contributed by atoms with E-state index >= 15 is 0 Å². The first-order valence-corrected chi connectivity index (χ1v) is 4.81. The predicted octanol–water partition coefficient (Wildman–Crippen LogP) is -1.37. The summed E-state index contributed by atoms with van der Waals surface area (Å²) in [4.78, 5) is 23.0. The first-order chi connectivity index (χ1) is 7.91. The number of carbonyl (C=O) groups is 1. The Morgan fingerprint density at radius 2 is 2.00 bits per heavy atom. The number of aromatic nitrogens is 2. The molecule has 8 nitrogen and oxygen atoms in total. The third kappa shape index (κ3) is 1.59. The summed E-state index contributed by atoms with van der Waals surface area (Å²) in [5.41, 5.74) is 7.99. The molecule has 0 bridgehead atoms. The summed E-state index contributed by atoms with van der Waals surface area (Å²) in [5.74, 6) is -0.213. The van der Waals surface area contributed by atoms with Crippen LogP contribution in [0.3, 0.4) is 0 Å². The van der Waals surface area contributed by atoms with E-state index in [0.29, 0.717) is 0 Å². The highest BCUT2D eigenvalue weighted by Gasteiger charge is 2.28. The van der Waals surface area contributed by atoms with Gasteiger partial charge in [0.15, 0.2) is 5.84 Å². The minimum atomic E-state index is -0.430. The van der Waals surface area contributed by atoms with Crippen LogP contribution in [0.15, 0.2) is 10.4 Å². The Morgan fingerprint density at radius 3 is 2.41 bits per heavy atom. The lowest BCUT2D eigenvalue weighted by Gasteiger charge is -2.06. The summed E-state index contributed by atoms with van der Waals surface area (Å²) < 4.78 is 1.36. The second kappa shape index (κ2) is 3.51. The fourth-order valence-electron chi connectivity index (χ4n) is 1.54. The maximum atomic E-state index is 11.5. The number of amidine groups is 1. The van der Waals surface area contributed by atoms with Crippen molar-refractivity contribution in [2.24, 2.45) is 7.05 Å². The van der Waals surface area contributed by atoms with E-state index in [4.69, 9.17) is 11.1 Å². The topological polar surface area (TPSA) is 120 Å². The lowest BCUT2D eigenvalue weighted by atomic mass is 10.1. The van der Waals surface area contributed by atoms with Crippen LogP contribution in [0, 0.1) is 5.41 Å². The number of aryl methyl sites for hydroxylation is 1. The lowest BCUT2D eigenvalue weighted by molar-refractivity contribution is -0.118. The van der Waals surface area contributed by atoms with Crippen molar-refractivity contribution in [3.05, 3.63) is 21.5 Å². The standard InChI is InChI=1S/C9H12N6O2/c1-14-6(10)4(8(16)12-14)3-5-7(11)15(2)13-9(5)17/h3,10H,11H2,1-2H3,(H,12,16)(H,13,17)/b4-3-,10-6?. The van der Waals surface area contributed by atoms with Crippen molar-refractivity contribution in [1.29, 1.82) is 5.41 Å². The highest BCUT2D eigenvalue weighted by molar-refractivity contribution is 6.26. The maximum absolute atomic E-state index is 11.5. The zero-order chi connectivity index (χ0) is 12.7. The molecule has 0 atom stereocenters. The van der Waals surface area contributed by atoms with E-state index < -0.39 is 11.5 Å². The number of nitrogens with two attached hydrogens (primary N) is 1. The summed E-state index contributed by atoms with van der Waals surface area (Å²) in [6.07, 6.45) is 1.31. The van der Waals surface area contributed by atoms with Gasteiger partial charge in [-0.2, -0.15) is 0 Å². The zero-order valence-electron chi connectivity index (χ0n) is 9.37. The van der Waals surface area contributed by atoms with E-state index in [1.165, 1.54) is 15.8 Å². The molecule has 1 saturated heterocycles. The van der Waals surface area contributed by atoms with Crippen LogP contribution >= 0.6 is 0 Å². The summed E-state index contributed by atoms with van der Waals surface area (Å²) in [6, 6.07) is 0. The molecule has 0 spiro atoms. The van der Waals surface area contributed by atoms with Gasteiger partial charge in [-0.25, -0.2) is 0 Å². The van der Waals surface area contributed by atoms with Crippen LogP contribution in [0.2, 0.25) is 0 Å². The fraction of sp³-hybridized carbons (Fsp3) is 0.222. The largest absolute Gasteiger partial charge is 0.383 e. The van der Waals surface area contributed by atoms with Crippen molar-refractivity contribution in [3.63, 3.8) is 0 Å². The van der Waals surface area contributed by atoms with Gasteiger partial charge >= 0.3 is 0 Å². The number of hydrogen-bond acceptors (Lipinski definition) is 4. The van der Waals surface area contributed by atoms with Gasteiger partial charge < -0.3 is 5.73 Å². The average Bonchev–Trinajstić information content (AvgIpc) is 2.62. The summed E-state index contributed by atoms with van der Waals surface area (Å²) in [7, 11) is 3.13. The van der Waals surface area contributed by atoms with Crippen molar-refractivity contribution in [3.8, 4) is 0 Å². The number of anilines is 1. The van der Waals surface area contributed by atoms with Crippen molar-refractivity contribution in [1.82, 2.24) is 20.2 Å². The van der Waals surface area contributed by atoms with Gasteiger partial charge in [0.05, 0.1) is 11.1 Å². The van der Waals surface area contributed by atoms with Gasteiger partial charge in [0.25, 0.3) is 11.5 Å². The van der Waals surface area contributed by atoms with Gasteiger partial charge in [0.1, 0.15) is 5.82 Å². The number of likely N-dealkylation sites (N-methyl/N-ethyl adjacent to an activating group) is 1. The zero-order valence-corrected chi connectivity index (χ0v) is 9.37. The van der Waals surface area contributed by atoms with Crippen molar-refractivity contribution >= 4 is 23.6 Å². The predicted molar refractivity (Wildman–Crippen MR) is 62.1 cm³/mol. The van der Waals surface area contributed by atoms with Gasteiger partial charge in [-0.05, 0) is 6.08 Å². The normalized spacial score (nSPS) is 18.0. The Labute approximate surface area is 96.2 Å². The van der Waals surface area contributed by atoms with E-state index in [-0.39, 0.29) is 22.8 Å². The molecule has 1 aromatic rings. The Morgan fingerprint density at radius 1 is 1.35 bits per heavy atom. The molecule has 90 valence electrons. The summed E-state index contributed by atoms with van der Waals surface area (Å²) >= 11 is 0. The van der Waals surface area contributed by atoms with E-state index in [1.54, 1.807) is 14.1 Å². The molecule has 1 fully saturated rings. The molecular weight excluding hydrogens is 224 g/mol. The van der Waals surface area contributed by atoms with Crippen LogP contribution in [0.5, 0.6) is 0 Å². The van der Waals surface area contributed by atoms with Crippen molar-refractivity contribution in [2.45, 2.75) is 0 Å². The monoisotopic (exact) mass is 236 g/mol. The highest BCUT2D eigenvalue weighted by atomic mass is 16.2. The van der Waals surface area contributed by atoms with Crippen LogP contribution in [-0.4, -0.2) is 33.6 Å². The first kappa shape index (κ1) is 11.0. The molecule has 2 rings (SSSR count). The number of hydrazine groups is 1. The SMILES string of the molecule is CN1NC(=O)/C(=C\c2c(N)n(C)[nH]c2=O)C1=N. The molecule has 1 amide bonds. The quantitative estimate of drug-likeness (QED) is 0.450. The Hall–Kier alpha value is -2.51. The maximum Gasteiger partial charge on any atom is 0.273 e. The molecule has 1 aromatic heterocycles. The molecule has 2 heterocycles. The third-order valence-electron chi connectivity index (χ3n) is 2.54. The van der Waals surface area contributed by atoms with Gasteiger partial charge in [-0.1, -0.05) is 0 Å². The number of nitrogens with zero attached hydrogens (tertiary/aromatic N) is 2. The second-order valence-corrected chi connectivity index (χ2v) is 3.71. The smallest absolute Gasteiger partial charge is 0.273 e. The Balaban J connectivity index is 2.54. The van der Waals surface area contributed by atoms with Crippen LogP contribution in [0.25, 0.3) is 6.08 Å². The Kier molecular flexibility index (Phi) is 2.27. The molecule has 0 saturated carbocycles. The van der Waals surface area contributed by atoms with E-state index in [2.05, 4.69) is 10.5 Å². The first-order valence-electron chi connectivity index (χ1n) is 4.81. The number of nitrogen functional groups attached to an aromatic ring is 1. The molecule has 0 radical (unpaired) electrons. The van der Waals surface area contributed by atoms with Gasteiger partial charge in [0.2, 0.25) is 0 Å². The molecule has 0 unspecified atom stereocenters. The molecule has 1 aliphatic rings. The summed E-state index contributed by atoms with van der Waals surface area (Å²) in [5, 5.41) is 11.4. The van der Waals surface area contributed by atoms with Crippen LogP contribution in [0.4, 0.5) is 5.82 Å². The van der Waals surface area contributed by atoms with E-state index in [1.807, 2.05) is 0 Å². The summed E-state index contributed by atoms with van der Waals surface area (Å²) in [6.45, 7) is 0. The van der Waals surface area contributed by atoms with E-state index in [9.17, 15) is 9.59 Å². The van der Waals surface area contributed by atoms with E-state index in [0.717, 1.165) is 0 Å². The molecular formula is C9H12N6O2. The van der Waals surface area contributed by atoms with Gasteiger partial charge in [-0.15, -0.1) is 0 Å². The Bertz CT molecular complexity index is 593. The van der Waals surface area contributed by atoms with Crippen LogP contribution in [0.1, 0.15) is 5.56 Å². The number of H-pyrrole nitrogens is 1. The minimum absolute atomic E-state index is 0.00217. The number of rotatable bonds is 1. The molecule has 0 aromatic carbocycles. The molecule has 5 N–H and O–H groups in total. The highest BCUT2D eigenvalue weighted by Crippen LogP contribution is 2.14. The number of amides is 1. The number of hydrogen-bond donors (Lipinski definition) is 4. The lowest BCUT2D eigenvalue weighted by Crippen LogP contribution is -2.31. The van der Waals surface area contributed by atoms with Gasteiger partial charge in [0, 0.05) is 14.1 Å². The molecule has 0 aliphatic carbocycles. The van der Waals surface area contributed by atoms with Crippen molar-refractivity contribution in [2.75, 3.05) is 12.8 Å². The number of nitrogens with one attached hydrogen (secondary N) is 3. The van der Waals surface area contributed by atoms with Crippen molar-refractivity contribution < 1.29 is 4.79 Å². The second-order valence-electron chi connectivity index (χ2n) is 3.71. The van der Waals surface area contributed by atoms with Gasteiger partial charge in [-0.3, -0.25) is 35.2 Å². The molecule has 8 heteroatoms.